The standard InChI is InChI=1S/C24H19F3N2O/c1-16-13-22(21-12-7-18(24(25,26)27)14-23(21)28-16)29-19-8-10-20(11-9-19)30-15-17-5-3-2-4-6-17/h2-14H,15H2,1H3,(H,28,29). The van der Waals surface area contributed by atoms with Crippen LogP contribution in [0.25, 0.3) is 10.9 Å². The lowest BCUT2D eigenvalue weighted by molar-refractivity contribution is -0.137. The molecule has 1 N–H and O–H groups in total. The maximum Gasteiger partial charge on any atom is 0.416 e. The molecule has 0 radical (unpaired) electrons. The number of nitrogens with zero attached hydrogens (tertiary/aromatic N) is 1. The van der Waals surface area contributed by atoms with Gasteiger partial charge in [0.25, 0.3) is 0 Å². The average molecular weight is 408 g/mol. The smallest absolute Gasteiger partial charge is 0.416 e. The van der Waals surface area contributed by atoms with E-state index in [4.69, 9.17) is 4.74 Å². The molecule has 1 aromatic heterocycles. The maximum atomic E-state index is 13.0. The van der Waals surface area contributed by atoms with Crippen molar-refractivity contribution in [2.24, 2.45) is 0 Å². The molecule has 0 amide bonds. The van der Waals surface area contributed by atoms with Gasteiger partial charge in [-0.15, -0.1) is 0 Å². The molecule has 3 aromatic carbocycles. The Balaban J connectivity index is 1.53. The van der Waals surface area contributed by atoms with E-state index < -0.39 is 11.7 Å². The number of pyridine rings is 1. The summed E-state index contributed by atoms with van der Waals surface area (Å²) in [5.74, 6) is 0.731. The summed E-state index contributed by atoms with van der Waals surface area (Å²) in [5, 5.41) is 3.89. The predicted molar refractivity (Wildman–Crippen MR) is 112 cm³/mol. The van der Waals surface area contributed by atoms with Crippen LogP contribution in [0, 0.1) is 6.92 Å². The first kappa shape index (κ1) is 19.8. The molecule has 30 heavy (non-hydrogen) atoms. The fourth-order valence-corrected chi connectivity index (χ4v) is 3.17. The lowest BCUT2D eigenvalue weighted by atomic mass is 10.1. The third-order valence-electron chi connectivity index (χ3n) is 4.65. The van der Waals surface area contributed by atoms with Gasteiger partial charge in [-0.3, -0.25) is 4.98 Å². The summed E-state index contributed by atoms with van der Waals surface area (Å²) in [6.07, 6.45) is -4.40. The Bertz CT molecular complexity index is 1160. The number of nitrogens with one attached hydrogen (secondary N) is 1. The van der Waals surface area contributed by atoms with E-state index in [1.165, 1.54) is 6.07 Å². The molecule has 4 rings (SSSR count). The van der Waals surface area contributed by atoms with Crippen LogP contribution in [0.2, 0.25) is 0 Å². The van der Waals surface area contributed by atoms with E-state index >= 15 is 0 Å². The van der Waals surface area contributed by atoms with Crippen molar-refractivity contribution in [1.29, 1.82) is 0 Å². The number of hydrogen-bond donors (Lipinski definition) is 1. The molecule has 0 unspecified atom stereocenters. The number of alkyl halides is 3. The van der Waals surface area contributed by atoms with Crippen LogP contribution in [0.4, 0.5) is 24.5 Å². The molecule has 0 saturated carbocycles. The van der Waals surface area contributed by atoms with E-state index in [0.717, 1.165) is 29.1 Å². The van der Waals surface area contributed by atoms with Crippen molar-refractivity contribution in [3.05, 3.63) is 95.7 Å². The van der Waals surface area contributed by atoms with E-state index in [1.54, 1.807) is 6.92 Å². The number of hydrogen-bond acceptors (Lipinski definition) is 3. The summed E-state index contributed by atoms with van der Waals surface area (Å²) in [6, 6.07) is 22.7. The minimum absolute atomic E-state index is 0.301. The van der Waals surface area contributed by atoms with Gasteiger partial charge in [0.2, 0.25) is 0 Å². The topological polar surface area (TPSA) is 34.1 Å². The highest BCUT2D eigenvalue weighted by Crippen LogP contribution is 2.34. The molecule has 0 spiro atoms. The van der Waals surface area contributed by atoms with E-state index in [2.05, 4.69) is 10.3 Å². The van der Waals surface area contributed by atoms with E-state index in [9.17, 15) is 13.2 Å². The van der Waals surface area contributed by atoms with E-state index in [-0.39, 0.29) is 0 Å². The quantitative estimate of drug-likeness (QED) is 0.391. The first-order chi connectivity index (χ1) is 14.4. The largest absolute Gasteiger partial charge is 0.489 e. The van der Waals surface area contributed by atoms with Crippen LogP contribution in [0.15, 0.2) is 78.9 Å². The van der Waals surface area contributed by atoms with Gasteiger partial charge in [0.05, 0.1) is 11.1 Å². The van der Waals surface area contributed by atoms with Crippen molar-refractivity contribution in [3.63, 3.8) is 0 Å². The Labute approximate surface area is 172 Å². The van der Waals surface area contributed by atoms with Gasteiger partial charge < -0.3 is 10.1 Å². The number of anilines is 2. The zero-order valence-corrected chi connectivity index (χ0v) is 16.2. The molecule has 6 heteroatoms. The van der Waals surface area contributed by atoms with Gasteiger partial charge in [0.1, 0.15) is 12.4 Å². The summed E-state index contributed by atoms with van der Waals surface area (Å²) >= 11 is 0. The van der Waals surface area contributed by atoms with Gasteiger partial charge in [-0.25, -0.2) is 0 Å². The van der Waals surface area contributed by atoms with Gasteiger partial charge in [0.15, 0.2) is 0 Å². The van der Waals surface area contributed by atoms with E-state index in [1.807, 2.05) is 60.7 Å². The molecule has 0 aliphatic heterocycles. The van der Waals surface area contributed by atoms with Crippen LogP contribution in [0.3, 0.4) is 0 Å². The minimum atomic E-state index is -4.40. The molecule has 0 bridgehead atoms. The maximum absolute atomic E-state index is 13.0. The number of aromatic nitrogens is 1. The normalized spacial score (nSPS) is 11.5. The summed E-state index contributed by atoms with van der Waals surface area (Å²) < 4.78 is 44.8. The monoisotopic (exact) mass is 408 g/mol. The molecule has 1 heterocycles. The molecular formula is C24H19F3N2O. The van der Waals surface area contributed by atoms with Crippen molar-refractivity contribution in [2.75, 3.05) is 5.32 Å². The highest BCUT2D eigenvalue weighted by Gasteiger charge is 2.30. The van der Waals surface area contributed by atoms with Gasteiger partial charge >= 0.3 is 6.18 Å². The van der Waals surface area contributed by atoms with Crippen LogP contribution in [0.5, 0.6) is 5.75 Å². The van der Waals surface area contributed by atoms with Crippen molar-refractivity contribution in [2.45, 2.75) is 19.7 Å². The Morgan fingerprint density at radius 3 is 2.33 bits per heavy atom. The Hall–Kier alpha value is -3.54. The van der Waals surface area contributed by atoms with Crippen molar-refractivity contribution in [3.8, 4) is 5.75 Å². The second-order valence-corrected chi connectivity index (χ2v) is 6.96. The Morgan fingerprint density at radius 2 is 1.63 bits per heavy atom. The van der Waals surface area contributed by atoms with Gasteiger partial charge in [0, 0.05) is 22.5 Å². The second-order valence-electron chi connectivity index (χ2n) is 6.96. The van der Waals surface area contributed by atoms with Crippen molar-refractivity contribution >= 4 is 22.3 Å². The van der Waals surface area contributed by atoms with Crippen LogP contribution in [-0.2, 0) is 12.8 Å². The number of ether oxygens (including phenoxy) is 1. The summed E-state index contributed by atoms with van der Waals surface area (Å²) in [4.78, 5) is 4.26. The number of benzene rings is 3. The van der Waals surface area contributed by atoms with E-state index in [0.29, 0.717) is 28.9 Å². The SMILES string of the molecule is Cc1cc(Nc2ccc(OCc3ccccc3)cc2)c2ccc(C(F)(F)F)cc2n1. The van der Waals surface area contributed by atoms with Crippen LogP contribution in [0.1, 0.15) is 16.8 Å². The minimum Gasteiger partial charge on any atom is -0.489 e. The lowest BCUT2D eigenvalue weighted by Crippen LogP contribution is -2.05. The lowest BCUT2D eigenvalue weighted by Gasteiger charge is -2.13. The summed E-state index contributed by atoms with van der Waals surface area (Å²) in [7, 11) is 0. The first-order valence-corrected chi connectivity index (χ1v) is 9.41. The summed E-state index contributed by atoms with van der Waals surface area (Å²) in [5.41, 5.74) is 2.80. The Kier molecular flexibility index (Phi) is 5.31. The summed E-state index contributed by atoms with van der Waals surface area (Å²) in [6.45, 7) is 2.23. The molecule has 4 aromatic rings. The number of halogens is 3. The fourth-order valence-electron chi connectivity index (χ4n) is 3.17. The van der Waals surface area contributed by atoms with Crippen molar-refractivity contribution in [1.82, 2.24) is 4.98 Å². The number of fused-ring (bicyclic) bond motifs is 1. The highest BCUT2D eigenvalue weighted by atomic mass is 19.4. The third-order valence-corrected chi connectivity index (χ3v) is 4.65. The van der Waals surface area contributed by atoms with Crippen LogP contribution < -0.4 is 10.1 Å². The molecule has 3 nitrogen and oxygen atoms in total. The third kappa shape index (κ3) is 4.54. The zero-order chi connectivity index (χ0) is 21.1. The number of aryl methyl sites for hydroxylation is 1. The van der Waals surface area contributed by atoms with Crippen LogP contribution >= 0.6 is 0 Å². The molecule has 0 aliphatic rings. The highest BCUT2D eigenvalue weighted by molar-refractivity contribution is 5.93. The zero-order valence-electron chi connectivity index (χ0n) is 16.2. The fraction of sp³-hybridized carbons (Fsp3) is 0.125. The second kappa shape index (κ2) is 8.06. The van der Waals surface area contributed by atoms with Crippen LogP contribution in [-0.4, -0.2) is 4.98 Å². The predicted octanol–water partition coefficient (Wildman–Crippen LogP) is 6.88. The van der Waals surface area contributed by atoms with Gasteiger partial charge in [-0.2, -0.15) is 13.2 Å². The molecule has 0 fully saturated rings. The molecular weight excluding hydrogens is 389 g/mol. The Morgan fingerprint density at radius 1 is 0.900 bits per heavy atom. The molecule has 0 atom stereocenters. The van der Waals surface area contributed by atoms with Crippen molar-refractivity contribution < 1.29 is 17.9 Å². The average Bonchev–Trinajstić information content (AvgIpc) is 2.73. The first-order valence-electron chi connectivity index (χ1n) is 9.41. The molecule has 0 aliphatic carbocycles. The van der Waals surface area contributed by atoms with Gasteiger partial charge in [-0.05, 0) is 55.0 Å². The number of rotatable bonds is 5. The molecule has 152 valence electrons. The molecule has 0 saturated heterocycles. The van der Waals surface area contributed by atoms with Gasteiger partial charge in [-0.1, -0.05) is 36.4 Å².